The molecule has 1 heterocycles. The average molecular weight is 334 g/mol. The summed E-state index contributed by atoms with van der Waals surface area (Å²) in [4.78, 5) is 6.42. The van der Waals surface area contributed by atoms with Crippen LogP contribution in [0.2, 0.25) is 0 Å². The Hall–Kier alpha value is -1.39. The number of aryl methyl sites for hydroxylation is 1. The fraction of sp³-hybridized carbons (Fsp3) is 0.312. The lowest BCUT2D eigenvalue weighted by atomic mass is 10.1. The second kappa shape index (κ2) is 6.86. The molecule has 1 atom stereocenters. The van der Waals surface area contributed by atoms with Gasteiger partial charge in [-0.05, 0) is 51.7 Å². The number of rotatable bonds is 5. The van der Waals surface area contributed by atoms with Crippen molar-refractivity contribution in [2.75, 3.05) is 18.5 Å². The number of hydrogen-bond donors (Lipinski definition) is 1. The molecular weight excluding hydrogens is 314 g/mol. The van der Waals surface area contributed by atoms with E-state index in [1.165, 1.54) is 5.56 Å². The number of anilines is 1. The van der Waals surface area contributed by atoms with Gasteiger partial charge in [0.1, 0.15) is 0 Å². The molecule has 1 aromatic heterocycles. The van der Waals surface area contributed by atoms with Crippen LogP contribution < -0.4 is 10.6 Å². The normalized spacial score (nSPS) is 12.2. The van der Waals surface area contributed by atoms with E-state index in [1.54, 1.807) is 6.20 Å². The van der Waals surface area contributed by atoms with E-state index >= 15 is 0 Å². The molecule has 4 heteroatoms. The van der Waals surface area contributed by atoms with E-state index in [1.807, 2.05) is 6.20 Å². The highest BCUT2D eigenvalue weighted by atomic mass is 79.9. The molecule has 1 unspecified atom stereocenters. The van der Waals surface area contributed by atoms with Gasteiger partial charge in [-0.25, -0.2) is 0 Å². The van der Waals surface area contributed by atoms with E-state index in [0.29, 0.717) is 6.54 Å². The van der Waals surface area contributed by atoms with Crippen LogP contribution in [-0.2, 0) is 6.42 Å². The smallest absolute Gasteiger partial charge is 0.0676 e. The Labute approximate surface area is 129 Å². The number of hydrogen-bond acceptors (Lipinski definition) is 3. The second-order valence-electron chi connectivity index (χ2n) is 4.82. The van der Waals surface area contributed by atoms with Crippen molar-refractivity contribution in [3.63, 3.8) is 0 Å². The molecule has 0 aliphatic carbocycles. The number of halogens is 1. The minimum atomic E-state index is 0.118. The van der Waals surface area contributed by atoms with Crippen molar-refractivity contribution in [2.24, 2.45) is 5.73 Å². The molecule has 106 valence electrons. The van der Waals surface area contributed by atoms with Crippen LogP contribution in [0.3, 0.4) is 0 Å². The van der Waals surface area contributed by atoms with Crippen LogP contribution in [0.15, 0.2) is 47.2 Å². The molecule has 0 amide bonds. The van der Waals surface area contributed by atoms with Crippen LogP contribution in [0.25, 0.3) is 0 Å². The largest absolute Gasteiger partial charge is 0.366 e. The molecule has 0 radical (unpaired) electrons. The van der Waals surface area contributed by atoms with Gasteiger partial charge in [0.05, 0.1) is 6.04 Å². The van der Waals surface area contributed by atoms with Crippen LogP contribution in [-0.4, -0.2) is 18.6 Å². The molecule has 0 aliphatic heterocycles. The molecule has 2 rings (SSSR count). The first kappa shape index (κ1) is 15.0. The quantitative estimate of drug-likeness (QED) is 0.909. The van der Waals surface area contributed by atoms with Gasteiger partial charge in [-0.3, -0.25) is 4.98 Å². The highest BCUT2D eigenvalue weighted by molar-refractivity contribution is 9.10. The van der Waals surface area contributed by atoms with Crippen molar-refractivity contribution in [2.45, 2.75) is 19.4 Å². The molecule has 0 aliphatic rings. The third-order valence-electron chi connectivity index (χ3n) is 3.55. The van der Waals surface area contributed by atoms with E-state index in [-0.39, 0.29) is 6.04 Å². The zero-order valence-corrected chi connectivity index (χ0v) is 13.5. The summed E-state index contributed by atoms with van der Waals surface area (Å²) >= 11 is 3.46. The second-order valence-corrected chi connectivity index (χ2v) is 5.73. The number of nitrogens with zero attached hydrogens (tertiary/aromatic N) is 2. The lowest BCUT2D eigenvalue weighted by Gasteiger charge is -2.29. The molecule has 0 spiro atoms. The summed E-state index contributed by atoms with van der Waals surface area (Å²) < 4.78 is 0.975. The Morgan fingerprint density at radius 2 is 1.95 bits per heavy atom. The maximum atomic E-state index is 5.96. The Bertz CT molecular complexity index is 554. The number of nitrogens with two attached hydrogens (primary N) is 1. The summed E-state index contributed by atoms with van der Waals surface area (Å²) in [7, 11) is 2.07. The van der Waals surface area contributed by atoms with Crippen molar-refractivity contribution >= 4 is 21.6 Å². The zero-order valence-electron chi connectivity index (χ0n) is 11.9. The van der Waals surface area contributed by atoms with Gasteiger partial charge < -0.3 is 10.6 Å². The standard InChI is InChI=1S/C16H20BrN3/c1-3-12-4-6-15(7-5-12)20(2)16(9-18)13-8-14(17)11-19-10-13/h4-8,10-11,16H,3,9,18H2,1-2H3. The Morgan fingerprint density at radius 1 is 1.25 bits per heavy atom. The van der Waals surface area contributed by atoms with Crippen LogP contribution in [0, 0.1) is 0 Å². The van der Waals surface area contributed by atoms with Crippen molar-refractivity contribution < 1.29 is 0 Å². The summed E-state index contributed by atoms with van der Waals surface area (Å²) in [5, 5.41) is 0. The maximum Gasteiger partial charge on any atom is 0.0676 e. The summed E-state index contributed by atoms with van der Waals surface area (Å²) in [5.74, 6) is 0. The van der Waals surface area contributed by atoms with Gasteiger partial charge in [-0.2, -0.15) is 0 Å². The summed E-state index contributed by atoms with van der Waals surface area (Å²) in [5.41, 5.74) is 9.59. The highest BCUT2D eigenvalue weighted by Crippen LogP contribution is 2.26. The van der Waals surface area contributed by atoms with Crippen molar-refractivity contribution in [1.82, 2.24) is 4.98 Å². The average Bonchev–Trinajstić information content (AvgIpc) is 2.48. The van der Waals surface area contributed by atoms with E-state index in [0.717, 1.165) is 22.1 Å². The number of aromatic nitrogens is 1. The van der Waals surface area contributed by atoms with Crippen LogP contribution in [0.1, 0.15) is 24.1 Å². The molecule has 3 nitrogen and oxygen atoms in total. The maximum absolute atomic E-state index is 5.96. The monoisotopic (exact) mass is 333 g/mol. The minimum Gasteiger partial charge on any atom is -0.366 e. The molecule has 0 saturated carbocycles. The Kier molecular flexibility index (Phi) is 5.15. The summed E-state index contributed by atoms with van der Waals surface area (Å²) in [6, 6.07) is 10.8. The molecule has 0 fully saturated rings. The third kappa shape index (κ3) is 3.38. The van der Waals surface area contributed by atoms with E-state index in [9.17, 15) is 0 Å². The number of likely N-dealkylation sites (N-methyl/N-ethyl adjacent to an activating group) is 1. The zero-order chi connectivity index (χ0) is 14.5. The fourth-order valence-electron chi connectivity index (χ4n) is 2.28. The van der Waals surface area contributed by atoms with Gasteiger partial charge >= 0.3 is 0 Å². The van der Waals surface area contributed by atoms with E-state index in [4.69, 9.17) is 5.73 Å². The molecule has 2 aromatic rings. The van der Waals surface area contributed by atoms with Gasteiger partial charge in [0.25, 0.3) is 0 Å². The third-order valence-corrected chi connectivity index (χ3v) is 3.99. The number of pyridine rings is 1. The van der Waals surface area contributed by atoms with Crippen LogP contribution >= 0.6 is 15.9 Å². The topological polar surface area (TPSA) is 42.1 Å². The first-order chi connectivity index (χ1) is 9.65. The predicted octanol–water partition coefficient (Wildman–Crippen LogP) is 3.54. The van der Waals surface area contributed by atoms with Crippen LogP contribution in [0.4, 0.5) is 5.69 Å². The van der Waals surface area contributed by atoms with Gasteiger partial charge in [0.15, 0.2) is 0 Å². The first-order valence-electron chi connectivity index (χ1n) is 6.78. The van der Waals surface area contributed by atoms with Crippen LogP contribution in [0.5, 0.6) is 0 Å². The van der Waals surface area contributed by atoms with Gasteiger partial charge in [0, 0.05) is 36.1 Å². The molecule has 20 heavy (non-hydrogen) atoms. The number of benzene rings is 1. The molecule has 0 bridgehead atoms. The van der Waals surface area contributed by atoms with Crippen molar-refractivity contribution in [3.8, 4) is 0 Å². The van der Waals surface area contributed by atoms with E-state index < -0.39 is 0 Å². The molecule has 0 saturated heterocycles. The van der Waals surface area contributed by atoms with Gasteiger partial charge in [-0.1, -0.05) is 19.1 Å². The molecule has 2 N–H and O–H groups in total. The molecular formula is C16H20BrN3. The minimum absolute atomic E-state index is 0.118. The van der Waals surface area contributed by atoms with Gasteiger partial charge in [0.2, 0.25) is 0 Å². The van der Waals surface area contributed by atoms with E-state index in [2.05, 4.69) is 70.1 Å². The fourth-order valence-corrected chi connectivity index (χ4v) is 2.66. The lowest BCUT2D eigenvalue weighted by molar-refractivity contribution is 0.677. The highest BCUT2D eigenvalue weighted by Gasteiger charge is 2.16. The lowest BCUT2D eigenvalue weighted by Crippen LogP contribution is -2.30. The first-order valence-corrected chi connectivity index (χ1v) is 7.57. The summed E-state index contributed by atoms with van der Waals surface area (Å²) in [6.07, 6.45) is 4.71. The summed E-state index contributed by atoms with van der Waals surface area (Å²) in [6.45, 7) is 2.71. The van der Waals surface area contributed by atoms with Crippen molar-refractivity contribution in [3.05, 3.63) is 58.3 Å². The van der Waals surface area contributed by atoms with Gasteiger partial charge in [-0.15, -0.1) is 0 Å². The Morgan fingerprint density at radius 3 is 2.50 bits per heavy atom. The molecule has 1 aromatic carbocycles. The predicted molar refractivity (Wildman–Crippen MR) is 88.0 cm³/mol. The SMILES string of the molecule is CCc1ccc(N(C)C(CN)c2cncc(Br)c2)cc1. The van der Waals surface area contributed by atoms with Crippen molar-refractivity contribution in [1.29, 1.82) is 0 Å². The Balaban J connectivity index is 2.26.